The SMILES string of the molecule is COc1cnc2[nH]c(/C=C/C(=O)N3C[C@@H](CCl)c4c3cc(O)c3cccc(C)c43)cc2c1.Cc1cccc2c(O)cc3c(c12)[C@H](CCl)CN3C(=O)/C=C/c1cc2cc(CC(=O)c3ccc(N)cc3)ccc2[nH]1.Cc1cccc2c(O)cc3c(c12)[C@H](CCl)CN3C(=O)/C=C/c1cc2cc(CC(=O)c3ccc(O)cc3)ccc2[nH]1. The molecule has 10 aromatic carbocycles. The molecule has 0 saturated carbocycles. The molecule has 3 atom stereocenters. The molecule has 21 heteroatoms. The van der Waals surface area contributed by atoms with E-state index in [4.69, 9.17) is 45.3 Å². The third kappa shape index (κ3) is 14.8. The predicted molar refractivity (Wildman–Crippen MR) is 450 cm³/mol. The number of halogens is 3. The number of carbonyl (C=O) groups is 5. The number of alkyl halides is 3. The first-order valence-corrected chi connectivity index (χ1v) is 38.1. The van der Waals surface area contributed by atoms with Crippen LogP contribution in [-0.4, -0.2) is 114 Å². The van der Waals surface area contributed by atoms with E-state index in [1.807, 2.05) is 136 Å². The number of anilines is 4. The molecule has 0 aliphatic carbocycles. The number of carbonyl (C=O) groups excluding carboxylic acids is 5. The van der Waals surface area contributed by atoms with Gasteiger partial charge in [-0.2, -0.15) is 0 Å². The molecular weight excluding hydrogens is 1470 g/mol. The number of benzene rings is 10. The lowest BCUT2D eigenvalue weighted by Gasteiger charge is -2.17. The Hall–Kier alpha value is -12.6. The first kappa shape index (κ1) is 74.8. The number of aromatic hydroxyl groups is 4. The molecule has 3 aliphatic rings. The number of aryl methyl sites for hydroxylation is 3. The number of hydrogen-bond acceptors (Lipinski definition) is 12. The molecule has 3 aliphatic heterocycles. The van der Waals surface area contributed by atoms with Crippen LogP contribution < -0.4 is 25.2 Å². The fourth-order valence-corrected chi connectivity index (χ4v) is 16.5. The molecular formula is C91H77Cl3N8O10. The Bertz CT molecular complexity index is 5950. The lowest BCUT2D eigenvalue weighted by Crippen LogP contribution is -2.28. The number of methoxy groups -OCH3 is 1. The van der Waals surface area contributed by atoms with Gasteiger partial charge >= 0.3 is 0 Å². The van der Waals surface area contributed by atoms with Crippen molar-refractivity contribution in [3.8, 4) is 28.7 Å². The van der Waals surface area contributed by atoms with Crippen LogP contribution in [0, 0.1) is 20.8 Å². The Balaban J connectivity index is 0.000000134. The van der Waals surface area contributed by atoms with Crippen molar-refractivity contribution in [1.29, 1.82) is 0 Å². The van der Waals surface area contributed by atoms with Gasteiger partial charge in [-0.1, -0.05) is 66.7 Å². The third-order valence-electron chi connectivity index (χ3n) is 21.2. The van der Waals surface area contributed by atoms with Crippen LogP contribution in [-0.2, 0) is 27.2 Å². The average molecular weight is 1550 g/mol. The number of rotatable bonds is 16. The monoisotopic (exact) mass is 1550 g/mol. The van der Waals surface area contributed by atoms with Gasteiger partial charge in [0.05, 0.1) is 30.4 Å². The molecule has 9 N–H and O–H groups in total. The van der Waals surface area contributed by atoms with Gasteiger partial charge in [-0.15, -0.1) is 34.8 Å². The molecule has 0 unspecified atom stereocenters. The van der Waals surface area contributed by atoms with E-state index in [1.54, 1.807) is 101 Å². The maximum Gasteiger partial charge on any atom is 0.251 e. The highest BCUT2D eigenvalue weighted by Crippen LogP contribution is 2.50. The Morgan fingerprint density at radius 1 is 0.473 bits per heavy atom. The number of aromatic amines is 3. The Labute approximate surface area is 659 Å². The van der Waals surface area contributed by atoms with Crippen LogP contribution in [0.15, 0.2) is 206 Å². The molecule has 0 saturated heterocycles. The molecule has 4 aromatic heterocycles. The number of amides is 3. The van der Waals surface area contributed by atoms with Gasteiger partial charge in [-0.3, -0.25) is 24.0 Å². The first-order chi connectivity index (χ1) is 54.1. The number of phenolic OH excluding ortho intramolecular Hbond substituents is 4. The Morgan fingerprint density at radius 3 is 1.23 bits per heavy atom. The summed E-state index contributed by atoms with van der Waals surface area (Å²) in [6.45, 7) is 7.39. The van der Waals surface area contributed by atoms with E-state index in [-0.39, 0.29) is 82.9 Å². The highest BCUT2D eigenvalue weighted by Gasteiger charge is 2.37. The largest absolute Gasteiger partial charge is 0.508 e. The van der Waals surface area contributed by atoms with Gasteiger partial charge in [-0.25, -0.2) is 4.98 Å². The number of phenols is 4. The van der Waals surface area contributed by atoms with Gasteiger partial charge in [0, 0.05) is 182 Å². The Kier molecular flexibility index (Phi) is 21.0. The van der Waals surface area contributed by atoms with Crippen molar-refractivity contribution >= 4 is 170 Å². The highest BCUT2D eigenvalue weighted by molar-refractivity contribution is 6.21. The summed E-state index contributed by atoms with van der Waals surface area (Å²) < 4.78 is 5.21. The summed E-state index contributed by atoms with van der Waals surface area (Å²) in [5.41, 5.74) is 22.4. The minimum atomic E-state index is -0.194. The summed E-state index contributed by atoms with van der Waals surface area (Å²) in [5, 5.41) is 49.6. The molecule has 0 spiro atoms. The lowest BCUT2D eigenvalue weighted by atomic mass is 9.92. The summed E-state index contributed by atoms with van der Waals surface area (Å²) in [6.07, 6.45) is 12.0. The maximum absolute atomic E-state index is 13.4. The van der Waals surface area contributed by atoms with Gasteiger partial charge in [0.15, 0.2) is 11.6 Å². The van der Waals surface area contributed by atoms with E-state index in [1.165, 1.54) is 30.4 Å². The number of nitrogen functional groups attached to an aromatic ring is 1. The Morgan fingerprint density at radius 2 is 0.848 bits per heavy atom. The number of H-pyrrole nitrogens is 3. The van der Waals surface area contributed by atoms with Gasteiger partial charge < -0.3 is 60.5 Å². The zero-order chi connectivity index (χ0) is 78.3. The predicted octanol–water partition coefficient (Wildman–Crippen LogP) is 18.7. The number of nitrogens with two attached hydrogens (primary N) is 1. The average Bonchev–Trinajstić information content (AvgIpc) is 1.57. The number of ether oxygens (including phenoxy) is 1. The van der Waals surface area contributed by atoms with Gasteiger partial charge in [0.1, 0.15) is 34.4 Å². The number of Topliss-reactive ketones (excluding diaryl/α,β-unsaturated/α-hetero) is 2. The number of aromatic nitrogens is 4. The van der Waals surface area contributed by atoms with Crippen molar-refractivity contribution in [3.63, 3.8) is 0 Å². The van der Waals surface area contributed by atoms with E-state index in [9.17, 15) is 44.4 Å². The van der Waals surface area contributed by atoms with Gasteiger partial charge in [-0.05, 0) is 197 Å². The molecule has 0 radical (unpaired) electrons. The lowest BCUT2D eigenvalue weighted by molar-refractivity contribution is -0.114. The highest BCUT2D eigenvalue weighted by atomic mass is 35.5. The van der Waals surface area contributed by atoms with Crippen LogP contribution in [0.2, 0.25) is 0 Å². The van der Waals surface area contributed by atoms with Crippen molar-refractivity contribution in [3.05, 3.63) is 279 Å². The zero-order valence-corrected chi connectivity index (χ0v) is 63.8. The zero-order valence-electron chi connectivity index (χ0n) is 61.5. The van der Waals surface area contributed by atoms with Crippen LogP contribution in [0.1, 0.15) is 100 Å². The molecule has 17 rings (SSSR count). The molecule has 18 nitrogen and oxygen atoms in total. The van der Waals surface area contributed by atoms with Crippen molar-refractivity contribution < 1.29 is 49.1 Å². The van der Waals surface area contributed by atoms with Crippen LogP contribution in [0.4, 0.5) is 22.7 Å². The van der Waals surface area contributed by atoms with Crippen LogP contribution in [0.25, 0.3) is 83.4 Å². The topological polar surface area (TPSA) is 272 Å². The standard InChI is InChI=1S/C33H28ClN3O3.C33H27ClN2O4.C25H22ClN3O3/c1-19-3-2-4-26-30(39)16-28-33(32(19)26)23(17-34)18-37(28)31(40)12-10-25-15-22-13-20(5-11-27(22)36-25)14-29(38)21-6-8-24(35)9-7-21;1-19-3-2-4-26-30(39)16-28-33(32(19)26)23(17-34)18-36(28)31(40)12-8-24-15-22-13-20(5-11-27(22)35-24)14-29(38)21-6-9-25(37)10-7-21;1-14-4-3-5-19-21(30)10-20-24(23(14)19)16(11-26)13-29(20)22(31)7-6-17-8-15-9-18(32-2)12-27-25(15)28-17/h2-13,15-16,23,36,39H,14,17-18,35H2,1H3;2-13,15-16,23,35,37,39H,14,17-18H2,1H3;3-10,12,16,30H,11,13H2,1-2H3,(H,27,28)/b12-10+;12-8+;7-6+/t2*23-;16-/m111/s1. The molecule has 3 amide bonds. The summed E-state index contributed by atoms with van der Waals surface area (Å²) in [5.74, 6) is 1.77. The maximum atomic E-state index is 13.4. The van der Waals surface area contributed by atoms with Crippen LogP contribution in [0.5, 0.6) is 28.7 Å². The van der Waals surface area contributed by atoms with Gasteiger partial charge in [0.25, 0.3) is 17.7 Å². The number of hydrogen-bond donors (Lipinski definition) is 8. The number of fused-ring (bicyclic) bond motifs is 12. The number of ketones is 2. The molecule has 0 bridgehead atoms. The smallest absolute Gasteiger partial charge is 0.251 e. The fourth-order valence-electron chi connectivity index (χ4n) is 15.8. The number of nitrogens with one attached hydrogen (secondary N) is 3. The molecule has 7 heterocycles. The summed E-state index contributed by atoms with van der Waals surface area (Å²) in [7, 11) is 1.60. The summed E-state index contributed by atoms with van der Waals surface area (Å²) in [4.78, 5) is 84.4. The van der Waals surface area contributed by atoms with Crippen LogP contribution in [0.3, 0.4) is 0 Å². The molecule has 112 heavy (non-hydrogen) atoms. The van der Waals surface area contributed by atoms with Crippen molar-refractivity contribution in [2.45, 2.75) is 51.4 Å². The second-order valence-corrected chi connectivity index (χ2v) is 29.5. The van der Waals surface area contributed by atoms with Crippen molar-refractivity contribution in [2.75, 3.05) is 64.8 Å². The van der Waals surface area contributed by atoms with Crippen molar-refractivity contribution in [2.24, 2.45) is 0 Å². The molecule has 0 fully saturated rings. The van der Waals surface area contributed by atoms with Gasteiger partial charge in [0.2, 0.25) is 0 Å². The first-order valence-electron chi connectivity index (χ1n) is 36.5. The number of nitrogens with zero attached hydrogens (tertiary/aromatic N) is 4. The van der Waals surface area contributed by atoms with E-state index in [2.05, 4.69) is 19.9 Å². The van der Waals surface area contributed by atoms with E-state index < -0.39 is 0 Å². The second kappa shape index (κ2) is 31.4. The van der Waals surface area contributed by atoms with Crippen LogP contribution >= 0.6 is 34.8 Å². The second-order valence-electron chi connectivity index (χ2n) is 28.6. The molecule has 562 valence electrons. The summed E-state index contributed by atoms with van der Waals surface area (Å²) in [6, 6.07) is 55.0. The minimum Gasteiger partial charge on any atom is -0.508 e. The van der Waals surface area contributed by atoms with Crippen molar-refractivity contribution in [1.82, 2.24) is 19.9 Å². The molecule has 14 aromatic rings. The minimum absolute atomic E-state index is 0.00189. The number of pyridine rings is 1. The third-order valence-corrected chi connectivity index (χ3v) is 22.4. The van der Waals surface area contributed by atoms with E-state index in [0.717, 1.165) is 127 Å². The fraction of sp³-hybridized carbons (Fsp3) is 0.165. The van der Waals surface area contributed by atoms with E-state index in [0.29, 0.717) is 76.9 Å². The quantitative estimate of drug-likeness (QED) is 0.0194. The normalized spacial score (nSPS) is 15.1. The summed E-state index contributed by atoms with van der Waals surface area (Å²) >= 11 is 19.0. The van der Waals surface area contributed by atoms with E-state index >= 15 is 0 Å².